The molecule has 0 aliphatic rings. The Hall–Kier alpha value is -2.84. The second-order valence-corrected chi connectivity index (χ2v) is 5.62. The van der Waals surface area contributed by atoms with Crippen LogP contribution in [0.2, 0.25) is 0 Å². The first-order valence-electron chi connectivity index (χ1n) is 8.89. The van der Waals surface area contributed by atoms with E-state index < -0.39 is 23.3 Å². The smallest absolute Gasteiger partial charge is 1.00 e. The van der Waals surface area contributed by atoms with Crippen LogP contribution in [0.1, 0.15) is 13.9 Å². The summed E-state index contributed by atoms with van der Waals surface area (Å²) in [6, 6.07) is 10.5. The third kappa shape index (κ3) is 10.5. The molecule has 6 nitrogen and oxygen atoms in total. The fourth-order valence-corrected chi connectivity index (χ4v) is 1.95. The largest absolute Gasteiger partial charge is 1.00 e. The maximum absolute atomic E-state index is 12.8. The Labute approximate surface area is 206 Å². The van der Waals surface area contributed by atoms with Crippen LogP contribution in [0, 0.1) is 34.6 Å². The van der Waals surface area contributed by atoms with Gasteiger partial charge in [0.2, 0.25) is 0 Å². The van der Waals surface area contributed by atoms with Gasteiger partial charge in [-0.25, -0.2) is 22.2 Å². The normalized spacial score (nSPS) is 9.53. The van der Waals surface area contributed by atoms with Crippen molar-refractivity contribution in [3.05, 3.63) is 89.8 Å². The molecule has 0 aliphatic carbocycles. The zero-order chi connectivity index (χ0) is 23.2. The quantitative estimate of drug-likeness (QED) is 0.265. The molecule has 1 aromatic heterocycles. The number of nitrogens with zero attached hydrogens (tertiary/aromatic N) is 3. The molecule has 2 aromatic carbocycles. The van der Waals surface area contributed by atoms with Crippen molar-refractivity contribution in [1.82, 2.24) is 9.78 Å². The Morgan fingerprint density at radius 3 is 2.16 bits per heavy atom. The molecular weight excluding hydrogens is 437 g/mol. The average Bonchev–Trinajstić information content (AvgIpc) is 3.20. The Bertz CT molecular complexity index is 1040. The Balaban J connectivity index is 0. The first-order valence-corrected chi connectivity index (χ1v) is 8.89. The summed E-state index contributed by atoms with van der Waals surface area (Å²) in [5.74, 6) is -3.14. The SMILES string of the molecule is CCO/C=C/C#N.NCc1ccc(F)c(F)c1.Nc1ccn(-c2ccc(F)c(F)c2)n1.[H-].[Na+]. The number of rotatable bonds is 4. The Kier molecular flexibility index (Phi) is 14.5. The van der Waals surface area contributed by atoms with Gasteiger partial charge in [0.15, 0.2) is 23.3 Å². The van der Waals surface area contributed by atoms with E-state index in [1.165, 1.54) is 29.2 Å². The van der Waals surface area contributed by atoms with Crippen molar-refractivity contribution in [3.63, 3.8) is 0 Å². The van der Waals surface area contributed by atoms with Crippen LogP contribution in [0.15, 0.2) is 61.0 Å². The molecule has 4 N–H and O–H groups in total. The number of halogens is 4. The summed E-state index contributed by atoms with van der Waals surface area (Å²) in [7, 11) is 0. The van der Waals surface area contributed by atoms with Gasteiger partial charge < -0.3 is 17.6 Å². The minimum absolute atomic E-state index is 0. The summed E-state index contributed by atoms with van der Waals surface area (Å²) < 4.78 is 56.0. The van der Waals surface area contributed by atoms with Crippen LogP contribution in [0.5, 0.6) is 0 Å². The molecule has 0 aliphatic heterocycles. The van der Waals surface area contributed by atoms with Crippen molar-refractivity contribution < 1.29 is 53.3 Å². The number of hydrogen-bond acceptors (Lipinski definition) is 5. The number of benzene rings is 2. The maximum atomic E-state index is 12.8. The number of aromatic nitrogens is 2. The number of allylic oxidation sites excluding steroid dienone is 1. The molecule has 32 heavy (non-hydrogen) atoms. The van der Waals surface area contributed by atoms with Crippen molar-refractivity contribution in [2.24, 2.45) is 5.73 Å². The fourth-order valence-electron chi connectivity index (χ4n) is 1.95. The Morgan fingerprint density at radius 1 is 1.06 bits per heavy atom. The minimum atomic E-state index is -0.906. The van der Waals surface area contributed by atoms with Gasteiger partial charge in [-0.3, -0.25) is 0 Å². The third-order valence-electron chi connectivity index (χ3n) is 3.40. The van der Waals surface area contributed by atoms with Gasteiger partial charge in [0.25, 0.3) is 0 Å². The molecule has 1 heterocycles. The van der Waals surface area contributed by atoms with E-state index >= 15 is 0 Å². The van der Waals surface area contributed by atoms with Gasteiger partial charge in [-0.05, 0) is 36.8 Å². The maximum Gasteiger partial charge on any atom is 1.00 e. The van der Waals surface area contributed by atoms with Crippen LogP contribution in [0.25, 0.3) is 5.69 Å². The van der Waals surface area contributed by atoms with E-state index in [0.29, 0.717) is 23.7 Å². The fraction of sp³-hybridized carbons (Fsp3) is 0.143. The summed E-state index contributed by atoms with van der Waals surface area (Å²) in [5, 5.41) is 11.7. The van der Waals surface area contributed by atoms with E-state index in [-0.39, 0.29) is 37.5 Å². The molecule has 0 fully saturated rings. The standard InChI is InChI=1S/C9H7F2N3.C7H7F2N.C5H7NO.Na.H/c10-7-2-1-6(5-8(7)11)14-4-3-9(12)13-14;8-6-2-1-5(4-10)3-7(6)9;1-2-7-5-3-4-6;;/h1-5H,(H2,12,13);1-3H,4,10H2;3,5H,2H2,1H3;;/q;;;+1;-1/b;;5-3+;;. The predicted molar refractivity (Wildman–Crippen MR) is 110 cm³/mol. The molecule has 11 heteroatoms. The predicted octanol–water partition coefficient (Wildman–Crippen LogP) is 1.33. The van der Waals surface area contributed by atoms with E-state index in [1.54, 1.807) is 18.3 Å². The van der Waals surface area contributed by atoms with Crippen LogP contribution in [-0.2, 0) is 11.3 Å². The summed E-state index contributed by atoms with van der Waals surface area (Å²) in [5.41, 5.74) is 11.6. The monoisotopic (exact) mass is 459 g/mol. The molecule has 0 spiro atoms. The first-order chi connectivity index (χ1) is 14.8. The van der Waals surface area contributed by atoms with Gasteiger partial charge in [0, 0.05) is 24.9 Å². The molecule has 166 valence electrons. The van der Waals surface area contributed by atoms with Crippen molar-refractivity contribution in [1.29, 1.82) is 5.26 Å². The molecule has 0 saturated carbocycles. The minimum Gasteiger partial charge on any atom is -1.00 e. The van der Waals surface area contributed by atoms with Crippen molar-refractivity contribution >= 4 is 5.82 Å². The summed E-state index contributed by atoms with van der Waals surface area (Å²) in [4.78, 5) is 0. The van der Waals surface area contributed by atoms with Gasteiger partial charge in [-0.2, -0.15) is 10.4 Å². The van der Waals surface area contributed by atoms with E-state index in [2.05, 4.69) is 9.84 Å². The molecule has 0 radical (unpaired) electrons. The van der Waals surface area contributed by atoms with Crippen LogP contribution < -0.4 is 41.0 Å². The van der Waals surface area contributed by atoms with Crippen LogP contribution in [0.3, 0.4) is 0 Å². The van der Waals surface area contributed by atoms with Gasteiger partial charge in [-0.1, -0.05) is 6.07 Å². The molecule has 3 aromatic rings. The zero-order valence-corrected chi connectivity index (χ0v) is 19.6. The van der Waals surface area contributed by atoms with Crippen molar-refractivity contribution in [2.45, 2.75) is 13.5 Å². The van der Waals surface area contributed by atoms with Gasteiger partial charge >= 0.3 is 29.6 Å². The van der Waals surface area contributed by atoms with Gasteiger partial charge in [0.05, 0.1) is 30.7 Å². The van der Waals surface area contributed by atoms with Crippen LogP contribution in [0.4, 0.5) is 23.4 Å². The van der Waals surface area contributed by atoms with Crippen molar-refractivity contribution in [3.8, 4) is 11.8 Å². The van der Waals surface area contributed by atoms with Gasteiger partial charge in [0.1, 0.15) is 5.82 Å². The second-order valence-electron chi connectivity index (χ2n) is 5.62. The second kappa shape index (κ2) is 15.9. The molecule has 0 atom stereocenters. The number of nitrogens with two attached hydrogens (primary N) is 2. The van der Waals surface area contributed by atoms with E-state index in [9.17, 15) is 17.6 Å². The first kappa shape index (κ1) is 29.2. The number of ether oxygens (including phenoxy) is 1. The molecule has 3 rings (SSSR count). The molecule has 0 saturated heterocycles. The zero-order valence-electron chi connectivity index (χ0n) is 18.6. The molecular formula is C21H22F4N5NaO. The molecule has 0 unspecified atom stereocenters. The van der Waals surface area contributed by atoms with E-state index in [0.717, 1.165) is 24.3 Å². The van der Waals surface area contributed by atoms with E-state index in [1.807, 2.05) is 6.92 Å². The number of hydrogen-bond donors (Lipinski definition) is 2. The summed E-state index contributed by atoms with van der Waals surface area (Å²) in [6.45, 7) is 2.72. The number of nitrogen functional groups attached to an aromatic ring is 1. The van der Waals surface area contributed by atoms with Crippen LogP contribution >= 0.6 is 0 Å². The summed E-state index contributed by atoms with van der Waals surface area (Å²) >= 11 is 0. The number of nitriles is 1. The van der Waals surface area contributed by atoms with Crippen molar-refractivity contribution in [2.75, 3.05) is 12.3 Å². The third-order valence-corrected chi connectivity index (χ3v) is 3.40. The van der Waals surface area contributed by atoms with Gasteiger partial charge in [-0.15, -0.1) is 0 Å². The van der Waals surface area contributed by atoms with E-state index in [4.69, 9.17) is 16.7 Å². The number of anilines is 1. The average molecular weight is 459 g/mol. The van der Waals surface area contributed by atoms with Crippen LogP contribution in [-0.4, -0.2) is 16.4 Å². The topological polar surface area (TPSA) is 103 Å². The molecule has 0 amide bonds. The Morgan fingerprint density at radius 2 is 1.69 bits per heavy atom. The summed E-state index contributed by atoms with van der Waals surface area (Å²) in [6.07, 6.45) is 4.24. The molecule has 0 bridgehead atoms.